The van der Waals surface area contributed by atoms with Crippen molar-refractivity contribution in [2.45, 2.75) is 0 Å². The van der Waals surface area contributed by atoms with Crippen molar-refractivity contribution in [3.8, 4) is 11.5 Å². The average Bonchev–Trinajstić information content (AvgIpc) is 3.08. The van der Waals surface area contributed by atoms with Gasteiger partial charge in [-0.15, -0.1) is 0 Å². The van der Waals surface area contributed by atoms with Crippen LogP contribution in [0.3, 0.4) is 0 Å². The van der Waals surface area contributed by atoms with E-state index in [9.17, 15) is 4.79 Å². The number of anilines is 2. The van der Waals surface area contributed by atoms with Crippen LogP contribution in [0.1, 0.15) is 0 Å². The normalized spacial score (nSPS) is 10.7. The molecular formula is C19H13ClN4O2. The number of carbonyl (C=O) groups excluding carboxylic acids is 1. The van der Waals surface area contributed by atoms with E-state index in [0.29, 0.717) is 33.4 Å². The van der Waals surface area contributed by atoms with Gasteiger partial charge in [0.2, 0.25) is 5.89 Å². The molecule has 2 aromatic carbocycles. The van der Waals surface area contributed by atoms with E-state index in [-0.39, 0.29) is 6.03 Å². The zero-order valence-corrected chi connectivity index (χ0v) is 14.2. The Morgan fingerprint density at radius 3 is 2.38 bits per heavy atom. The third-order valence-corrected chi connectivity index (χ3v) is 3.93. The van der Waals surface area contributed by atoms with E-state index in [4.69, 9.17) is 16.0 Å². The lowest BCUT2D eigenvalue weighted by Crippen LogP contribution is -2.19. The molecule has 2 N–H and O–H groups in total. The fraction of sp³-hybridized carbons (Fsp3) is 0. The molecule has 0 atom stereocenters. The highest BCUT2D eigenvalue weighted by Gasteiger charge is 2.10. The number of pyridine rings is 1. The van der Waals surface area contributed by atoms with E-state index in [1.807, 2.05) is 12.1 Å². The number of nitrogens with one attached hydrogen (secondary N) is 2. The van der Waals surface area contributed by atoms with Gasteiger partial charge >= 0.3 is 6.03 Å². The Bertz CT molecular complexity index is 1060. The average molecular weight is 365 g/mol. The lowest BCUT2D eigenvalue weighted by atomic mass is 10.3. The van der Waals surface area contributed by atoms with Crippen molar-refractivity contribution in [1.82, 2.24) is 9.97 Å². The van der Waals surface area contributed by atoms with Crippen LogP contribution in [0.25, 0.3) is 22.6 Å². The van der Waals surface area contributed by atoms with Gasteiger partial charge in [-0.05, 0) is 48.5 Å². The summed E-state index contributed by atoms with van der Waals surface area (Å²) in [7, 11) is 0. The molecule has 2 amide bonds. The Labute approximate surface area is 153 Å². The second kappa shape index (κ2) is 6.85. The number of oxazole rings is 1. The number of fused-ring (bicyclic) bond motifs is 1. The lowest BCUT2D eigenvalue weighted by Gasteiger charge is -2.07. The van der Waals surface area contributed by atoms with Gasteiger partial charge in [0.15, 0.2) is 5.58 Å². The monoisotopic (exact) mass is 364 g/mol. The molecule has 2 aromatic heterocycles. The van der Waals surface area contributed by atoms with Gasteiger partial charge in [0.05, 0.1) is 0 Å². The van der Waals surface area contributed by atoms with Crippen molar-refractivity contribution >= 4 is 40.1 Å². The van der Waals surface area contributed by atoms with Gasteiger partial charge in [0.1, 0.15) is 5.52 Å². The van der Waals surface area contributed by atoms with Gasteiger partial charge in [-0.2, -0.15) is 0 Å². The van der Waals surface area contributed by atoms with Crippen molar-refractivity contribution in [3.63, 3.8) is 0 Å². The number of amides is 2. The Balaban J connectivity index is 1.52. The maximum atomic E-state index is 12.1. The highest BCUT2D eigenvalue weighted by atomic mass is 35.5. The first-order chi connectivity index (χ1) is 12.7. The third-order valence-electron chi connectivity index (χ3n) is 3.68. The first-order valence-corrected chi connectivity index (χ1v) is 8.20. The van der Waals surface area contributed by atoms with Crippen molar-refractivity contribution in [2.24, 2.45) is 0 Å². The molecule has 0 unspecified atom stereocenters. The van der Waals surface area contributed by atoms with E-state index in [1.165, 1.54) is 0 Å². The molecule has 0 bridgehead atoms. The number of nitrogens with zero attached hydrogens (tertiary/aromatic N) is 2. The predicted molar refractivity (Wildman–Crippen MR) is 101 cm³/mol. The zero-order valence-electron chi connectivity index (χ0n) is 13.4. The van der Waals surface area contributed by atoms with Crippen LogP contribution >= 0.6 is 11.6 Å². The summed E-state index contributed by atoms with van der Waals surface area (Å²) in [6.45, 7) is 0. The van der Waals surface area contributed by atoms with E-state index in [2.05, 4.69) is 20.6 Å². The molecule has 0 radical (unpaired) electrons. The largest absolute Gasteiger partial charge is 0.436 e. The number of halogens is 1. The van der Waals surface area contributed by atoms with Gasteiger partial charge < -0.3 is 15.1 Å². The molecule has 0 spiro atoms. The van der Waals surface area contributed by atoms with Gasteiger partial charge in [-0.3, -0.25) is 4.98 Å². The van der Waals surface area contributed by atoms with E-state index >= 15 is 0 Å². The fourth-order valence-electron chi connectivity index (χ4n) is 2.45. The number of hydrogen-bond acceptors (Lipinski definition) is 4. The predicted octanol–water partition coefficient (Wildman–Crippen LogP) is 5.19. The molecule has 0 aliphatic heterocycles. The van der Waals surface area contributed by atoms with E-state index in [0.717, 1.165) is 5.56 Å². The number of carbonyl (C=O) groups is 1. The Hall–Kier alpha value is -3.38. The number of hydrogen-bond donors (Lipinski definition) is 2. The first-order valence-electron chi connectivity index (χ1n) is 7.82. The minimum absolute atomic E-state index is 0.361. The van der Waals surface area contributed by atoms with Crippen LogP contribution in [0.2, 0.25) is 5.02 Å². The summed E-state index contributed by atoms with van der Waals surface area (Å²) in [5.74, 6) is 0.505. The number of aromatic nitrogens is 2. The maximum Gasteiger partial charge on any atom is 0.323 e. The molecule has 2 heterocycles. The summed E-state index contributed by atoms with van der Waals surface area (Å²) in [6, 6.07) is 15.4. The minimum Gasteiger partial charge on any atom is -0.436 e. The third kappa shape index (κ3) is 3.50. The SMILES string of the molecule is O=C(Nc1ccc(Cl)cc1)Nc1ccc2nc(-c3ccncc3)oc2c1. The first kappa shape index (κ1) is 16.1. The lowest BCUT2D eigenvalue weighted by molar-refractivity contribution is 0.262. The quantitative estimate of drug-likeness (QED) is 0.524. The molecule has 7 heteroatoms. The van der Waals surface area contributed by atoms with E-state index in [1.54, 1.807) is 54.9 Å². The molecule has 26 heavy (non-hydrogen) atoms. The summed E-state index contributed by atoms with van der Waals surface area (Å²) >= 11 is 5.83. The molecule has 4 aromatic rings. The van der Waals surface area contributed by atoms with Crippen molar-refractivity contribution < 1.29 is 9.21 Å². The Morgan fingerprint density at radius 2 is 1.62 bits per heavy atom. The highest BCUT2D eigenvalue weighted by molar-refractivity contribution is 6.30. The van der Waals surface area contributed by atoms with Crippen LogP contribution in [-0.4, -0.2) is 16.0 Å². The summed E-state index contributed by atoms with van der Waals surface area (Å²) in [4.78, 5) is 20.5. The number of rotatable bonds is 3. The molecule has 6 nitrogen and oxygen atoms in total. The standard InChI is InChI=1S/C19H13ClN4O2/c20-13-1-3-14(4-2-13)22-19(25)23-15-5-6-16-17(11-15)26-18(24-16)12-7-9-21-10-8-12/h1-11H,(H2,22,23,25). The van der Waals surface area contributed by atoms with Crippen molar-refractivity contribution in [3.05, 3.63) is 72.0 Å². The van der Waals surface area contributed by atoms with Crippen LogP contribution < -0.4 is 10.6 Å². The highest BCUT2D eigenvalue weighted by Crippen LogP contribution is 2.26. The molecule has 4 rings (SSSR count). The molecule has 0 saturated carbocycles. The van der Waals surface area contributed by atoms with Gasteiger partial charge in [-0.25, -0.2) is 9.78 Å². The zero-order chi connectivity index (χ0) is 17.9. The van der Waals surface area contributed by atoms with Crippen LogP contribution in [0.5, 0.6) is 0 Å². The second-order valence-corrected chi connectivity index (χ2v) is 5.96. The Kier molecular flexibility index (Phi) is 4.25. The van der Waals surface area contributed by atoms with Gasteiger partial charge in [0.25, 0.3) is 0 Å². The topological polar surface area (TPSA) is 80.0 Å². The summed E-state index contributed by atoms with van der Waals surface area (Å²) < 4.78 is 5.78. The van der Waals surface area contributed by atoms with Crippen molar-refractivity contribution in [2.75, 3.05) is 10.6 Å². The Morgan fingerprint density at radius 1 is 0.923 bits per heavy atom. The van der Waals surface area contributed by atoms with Crippen LogP contribution in [0.15, 0.2) is 71.4 Å². The fourth-order valence-corrected chi connectivity index (χ4v) is 2.57. The molecule has 128 valence electrons. The second-order valence-electron chi connectivity index (χ2n) is 5.52. The van der Waals surface area contributed by atoms with Crippen LogP contribution in [0, 0.1) is 0 Å². The van der Waals surface area contributed by atoms with Gasteiger partial charge in [-0.1, -0.05) is 11.6 Å². The molecule has 0 saturated heterocycles. The summed E-state index contributed by atoms with van der Waals surface area (Å²) in [5.41, 5.74) is 3.38. The van der Waals surface area contributed by atoms with Crippen LogP contribution in [-0.2, 0) is 0 Å². The minimum atomic E-state index is -0.361. The molecule has 0 fully saturated rings. The summed E-state index contributed by atoms with van der Waals surface area (Å²) in [5, 5.41) is 6.11. The van der Waals surface area contributed by atoms with Gasteiger partial charge in [0, 0.05) is 40.4 Å². The van der Waals surface area contributed by atoms with Crippen LogP contribution in [0.4, 0.5) is 16.2 Å². The van der Waals surface area contributed by atoms with Crippen molar-refractivity contribution in [1.29, 1.82) is 0 Å². The maximum absolute atomic E-state index is 12.1. The smallest absolute Gasteiger partial charge is 0.323 e. The number of benzene rings is 2. The summed E-state index contributed by atoms with van der Waals surface area (Å²) in [6.07, 6.45) is 3.36. The number of urea groups is 1. The molecule has 0 aliphatic rings. The van der Waals surface area contributed by atoms with E-state index < -0.39 is 0 Å². The molecule has 0 aliphatic carbocycles. The molecular weight excluding hydrogens is 352 g/mol.